The van der Waals surface area contributed by atoms with Gasteiger partial charge in [-0.05, 0) is 43.3 Å². The Labute approximate surface area is 158 Å². The smallest absolute Gasteiger partial charge is 0.338 e. The molecular formula is C16H14FN3O7S. The van der Waals surface area contributed by atoms with Crippen LogP contribution in [0.15, 0.2) is 47.4 Å². The molecule has 1 amide bonds. The number of hydrogen-bond acceptors (Lipinski definition) is 7. The largest absolute Gasteiger partial charge is 0.449 e. The van der Waals surface area contributed by atoms with Crippen molar-refractivity contribution < 1.29 is 32.1 Å². The first-order valence-electron chi connectivity index (χ1n) is 7.57. The molecule has 0 saturated carbocycles. The van der Waals surface area contributed by atoms with Gasteiger partial charge in [0.25, 0.3) is 5.91 Å². The Hall–Kier alpha value is -3.38. The van der Waals surface area contributed by atoms with Gasteiger partial charge in [-0.3, -0.25) is 14.9 Å². The number of nitrogens with one attached hydrogen (secondary N) is 1. The second-order valence-electron chi connectivity index (χ2n) is 5.53. The Balaban J connectivity index is 2.05. The Morgan fingerprint density at radius 2 is 1.82 bits per heavy atom. The van der Waals surface area contributed by atoms with Crippen molar-refractivity contribution in [2.24, 2.45) is 5.14 Å². The van der Waals surface area contributed by atoms with Crippen LogP contribution in [0.5, 0.6) is 0 Å². The van der Waals surface area contributed by atoms with Gasteiger partial charge in [-0.1, -0.05) is 0 Å². The summed E-state index contributed by atoms with van der Waals surface area (Å²) < 4.78 is 40.6. The Morgan fingerprint density at radius 1 is 1.21 bits per heavy atom. The van der Waals surface area contributed by atoms with Crippen molar-refractivity contribution in [3.05, 3.63) is 64.0 Å². The minimum absolute atomic E-state index is 0.0236. The number of nitro groups is 1. The molecule has 2 rings (SSSR count). The normalized spacial score (nSPS) is 12.1. The van der Waals surface area contributed by atoms with Crippen LogP contribution in [0.1, 0.15) is 17.3 Å². The fourth-order valence-corrected chi connectivity index (χ4v) is 2.55. The Morgan fingerprint density at radius 3 is 2.36 bits per heavy atom. The number of rotatable bonds is 6. The summed E-state index contributed by atoms with van der Waals surface area (Å²) in [4.78, 5) is 33.7. The van der Waals surface area contributed by atoms with Gasteiger partial charge in [0.1, 0.15) is 0 Å². The van der Waals surface area contributed by atoms with Crippen LogP contribution in [0.3, 0.4) is 0 Å². The zero-order valence-corrected chi connectivity index (χ0v) is 15.1. The quantitative estimate of drug-likeness (QED) is 0.414. The van der Waals surface area contributed by atoms with E-state index < -0.39 is 44.4 Å². The van der Waals surface area contributed by atoms with Gasteiger partial charge in [0.2, 0.25) is 15.8 Å². The molecule has 0 aliphatic rings. The summed E-state index contributed by atoms with van der Waals surface area (Å²) in [5.74, 6) is -2.78. The van der Waals surface area contributed by atoms with Gasteiger partial charge in [0.15, 0.2) is 6.10 Å². The van der Waals surface area contributed by atoms with Crippen LogP contribution in [-0.4, -0.2) is 31.3 Å². The zero-order valence-electron chi connectivity index (χ0n) is 14.3. The van der Waals surface area contributed by atoms with E-state index in [0.29, 0.717) is 0 Å². The summed E-state index contributed by atoms with van der Waals surface area (Å²) in [5.41, 5.74) is -0.902. The number of amides is 1. The standard InChI is InChI=1S/C16H14FN3O7S/c1-9(15(21)19-11-4-7-13(17)14(8-11)20(23)24)27-16(22)10-2-5-12(6-3-10)28(18,25)26/h2-9H,1H3,(H,19,21)(H2,18,25,26). The number of ether oxygens (including phenoxy) is 1. The predicted molar refractivity (Wildman–Crippen MR) is 94.4 cm³/mol. The van der Waals surface area contributed by atoms with Crippen LogP contribution < -0.4 is 10.5 Å². The zero-order chi connectivity index (χ0) is 21.1. The molecule has 1 atom stereocenters. The van der Waals surface area contributed by atoms with Crippen LogP contribution in [-0.2, 0) is 19.6 Å². The molecule has 2 aromatic carbocycles. The highest BCUT2D eigenvalue weighted by Crippen LogP contribution is 2.22. The molecule has 0 bridgehead atoms. The summed E-state index contributed by atoms with van der Waals surface area (Å²) in [6.07, 6.45) is -1.30. The lowest BCUT2D eigenvalue weighted by molar-refractivity contribution is -0.387. The van der Waals surface area contributed by atoms with Gasteiger partial charge < -0.3 is 10.1 Å². The van der Waals surface area contributed by atoms with Gasteiger partial charge in [0.05, 0.1) is 15.4 Å². The maximum absolute atomic E-state index is 13.3. The van der Waals surface area contributed by atoms with E-state index in [9.17, 15) is 32.5 Å². The van der Waals surface area contributed by atoms with Crippen molar-refractivity contribution >= 4 is 33.3 Å². The number of nitro benzene ring substituents is 1. The van der Waals surface area contributed by atoms with Crippen LogP contribution >= 0.6 is 0 Å². The van der Waals surface area contributed by atoms with Gasteiger partial charge in [-0.2, -0.15) is 4.39 Å². The molecule has 0 spiro atoms. The van der Waals surface area contributed by atoms with E-state index >= 15 is 0 Å². The monoisotopic (exact) mass is 411 g/mol. The number of anilines is 1. The lowest BCUT2D eigenvalue weighted by Crippen LogP contribution is -2.30. The van der Waals surface area contributed by atoms with E-state index in [1.165, 1.54) is 6.92 Å². The minimum atomic E-state index is -3.92. The van der Waals surface area contributed by atoms with E-state index in [4.69, 9.17) is 9.88 Å². The molecule has 3 N–H and O–H groups in total. The number of carbonyl (C=O) groups excluding carboxylic acids is 2. The molecule has 148 valence electrons. The summed E-state index contributed by atoms with van der Waals surface area (Å²) >= 11 is 0. The molecule has 1 unspecified atom stereocenters. The Bertz CT molecular complexity index is 1040. The molecular weight excluding hydrogens is 397 g/mol. The summed E-state index contributed by atoms with van der Waals surface area (Å²) in [7, 11) is -3.92. The van der Waals surface area contributed by atoms with Crippen LogP contribution in [0.25, 0.3) is 0 Å². The molecule has 0 fully saturated rings. The lowest BCUT2D eigenvalue weighted by atomic mass is 10.2. The molecule has 0 heterocycles. The summed E-state index contributed by atoms with van der Waals surface area (Å²) in [6, 6.07) is 7.29. The number of primary sulfonamides is 1. The fourth-order valence-electron chi connectivity index (χ4n) is 2.04. The number of nitrogens with zero attached hydrogens (tertiary/aromatic N) is 1. The van der Waals surface area contributed by atoms with Crippen LogP contribution in [0.4, 0.5) is 15.8 Å². The second kappa shape index (κ2) is 8.10. The van der Waals surface area contributed by atoms with E-state index in [2.05, 4.69) is 5.32 Å². The molecule has 0 aliphatic heterocycles. The average molecular weight is 411 g/mol. The molecule has 0 radical (unpaired) electrons. The first-order chi connectivity index (χ1) is 13.0. The fraction of sp³-hybridized carbons (Fsp3) is 0.125. The molecule has 12 heteroatoms. The minimum Gasteiger partial charge on any atom is -0.449 e. The highest BCUT2D eigenvalue weighted by molar-refractivity contribution is 7.89. The summed E-state index contributed by atoms with van der Waals surface area (Å²) in [6.45, 7) is 1.25. The molecule has 28 heavy (non-hydrogen) atoms. The van der Waals surface area contributed by atoms with Crippen molar-refractivity contribution in [1.82, 2.24) is 0 Å². The SMILES string of the molecule is CC(OC(=O)c1ccc(S(N)(=O)=O)cc1)C(=O)Nc1ccc(F)c([N+](=O)[O-])c1. The number of hydrogen-bond donors (Lipinski definition) is 2. The first-order valence-corrected chi connectivity index (χ1v) is 9.12. The number of halogens is 1. The van der Waals surface area contributed by atoms with E-state index in [-0.39, 0.29) is 16.1 Å². The number of esters is 1. The van der Waals surface area contributed by atoms with E-state index in [1.54, 1.807) is 0 Å². The van der Waals surface area contributed by atoms with Crippen molar-refractivity contribution in [2.45, 2.75) is 17.9 Å². The van der Waals surface area contributed by atoms with Gasteiger partial charge in [-0.15, -0.1) is 0 Å². The van der Waals surface area contributed by atoms with Gasteiger partial charge in [-0.25, -0.2) is 18.4 Å². The second-order valence-corrected chi connectivity index (χ2v) is 7.09. The third kappa shape index (κ3) is 5.08. The number of benzene rings is 2. The highest BCUT2D eigenvalue weighted by Gasteiger charge is 2.21. The predicted octanol–water partition coefficient (Wildman–Crippen LogP) is 1.57. The molecule has 2 aromatic rings. The maximum atomic E-state index is 13.3. The summed E-state index contributed by atoms with van der Waals surface area (Å²) in [5, 5.41) is 17.9. The average Bonchev–Trinajstić information content (AvgIpc) is 2.62. The third-order valence-electron chi connectivity index (χ3n) is 3.48. The Kier molecular flexibility index (Phi) is 6.06. The van der Waals surface area contributed by atoms with Crippen molar-refractivity contribution in [3.8, 4) is 0 Å². The maximum Gasteiger partial charge on any atom is 0.338 e. The molecule has 0 aliphatic carbocycles. The van der Waals surface area contributed by atoms with Crippen LogP contribution in [0, 0.1) is 15.9 Å². The van der Waals surface area contributed by atoms with Crippen molar-refractivity contribution in [2.75, 3.05) is 5.32 Å². The first kappa shape index (κ1) is 20.9. The molecule has 0 saturated heterocycles. The van der Waals surface area contributed by atoms with Gasteiger partial charge >= 0.3 is 11.7 Å². The third-order valence-corrected chi connectivity index (χ3v) is 4.41. The molecule has 0 aromatic heterocycles. The van der Waals surface area contributed by atoms with Crippen molar-refractivity contribution in [1.29, 1.82) is 0 Å². The van der Waals surface area contributed by atoms with Crippen LogP contribution in [0.2, 0.25) is 0 Å². The van der Waals surface area contributed by atoms with E-state index in [1.807, 2.05) is 0 Å². The van der Waals surface area contributed by atoms with Crippen molar-refractivity contribution in [3.63, 3.8) is 0 Å². The topological polar surface area (TPSA) is 159 Å². The van der Waals surface area contributed by atoms with Gasteiger partial charge in [0, 0.05) is 11.8 Å². The lowest BCUT2D eigenvalue weighted by Gasteiger charge is -2.13. The number of carbonyl (C=O) groups is 2. The highest BCUT2D eigenvalue weighted by atomic mass is 32.2. The van der Waals surface area contributed by atoms with E-state index in [0.717, 1.165) is 42.5 Å². The number of sulfonamides is 1. The number of nitrogens with two attached hydrogens (primary N) is 1. The molecule has 10 nitrogen and oxygen atoms in total.